The van der Waals surface area contributed by atoms with E-state index in [2.05, 4.69) is 34.5 Å². The highest BCUT2D eigenvalue weighted by Crippen LogP contribution is 2.29. The van der Waals surface area contributed by atoms with Crippen LogP contribution in [-0.4, -0.2) is 37.7 Å². The molecule has 1 rings (SSSR count). The third-order valence-electron chi connectivity index (χ3n) is 2.46. The van der Waals surface area contributed by atoms with E-state index in [4.69, 9.17) is 4.74 Å². The van der Waals surface area contributed by atoms with E-state index in [-0.39, 0.29) is 6.54 Å². The summed E-state index contributed by atoms with van der Waals surface area (Å²) in [7, 11) is 1.59. The van der Waals surface area contributed by atoms with Crippen molar-refractivity contribution in [3.05, 3.63) is 16.1 Å². The highest BCUT2D eigenvalue weighted by molar-refractivity contribution is 7.09. The molecule has 0 saturated heterocycles. The Bertz CT molecular complexity index is 474. The van der Waals surface area contributed by atoms with Gasteiger partial charge >= 0.3 is 6.18 Å². The van der Waals surface area contributed by atoms with Crippen LogP contribution in [0.2, 0.25) is 0 Å². The first-order valence-corrected chi connectivity index (χ1v) is 7.74. The Morgan fingerprint density at radius 3 is 2.68 bits per heavy atom. The Morgan fingerprint density at radius 2 is 2.14 bits per heavy atom. The van der Waals surface area contributed by atoms with Crippen molar-refractivity contribution in [3.63, 3.8) is 0 Å². The summed E-state index contributed by atoms with van der Waals surface area (Å²) in [5.41, 5.74) is -0.862. The molecule has 0 spiro atoms. The van der Waals surface area contributed by atoms with E-state index in [9.17, 15) is 13.2 Å². The van der Waals surface area contributed by atoms with Gasteiger partial charge in [-0.1, -0.05) is 13.8 Å². The molecule has 0 amide bonds. The molecule has 0 fully saturated rings. The maximum atomic E-state index is 12.4. The number of hydrogen-bond acceptors (Lipinski definition) is 4. The Hall–Kier alpha value is -1.35. The molecule has 1 heterocycles. The van der Waals surface area contributed by atoms with Crippen LogP contribution in [0.1, 0.15) is 24.5 Å². The summed E-state index contributed by atoms with van der Waals surface area (Å²) in [6.45, 7) is 6.11. The first-order valence-electron chi connectivity index (χ1n) is 6.86. The van der Waals surface area contributed by atoms with Crippen molar-refractivity contribution < 1.29 is 17.9 Å². The van der Waals surface area contributed by atoms with Crippen LogP contribution < -0.4 is 10.6 Å². The fraction of sp³-hybridized carbons (Fsp3) is 0.692. The van der Waals surface area contributed by atoms with E-state index in [1.807, 2.05) is 0 Å². The summed E-state index contributed by atoms with van der Waals surface area (Å²) >= 11 is 0.963. The average molecular weight is 338 g/mol. The van der Waals surface area contributed by atoms with Crippen molar-refractivity contribution in [1.82, 2.24) is 15.6 Å². The quantitative estimate of drug-likeness (QED) is 0.456. The van der Waals surface area contributed by atoms with Gasteiger partial charge in [-0.25, -0.2) is 4.98 Å². The number of thiazole rings is 1. The molecule has 9 heteroatoms. The van der Waals surface area contributed by atoms with Gasteiger partial charge in [0.2, 0.25) is 0 Å². The molecule has 0 radical (unpaired) electrons. The number of alkyl halides is 3. The standard InChI is InChI=1S/C13H21F3N4OS/c1-9(2)7-21-5-4-18-12(17-3)19-6-11-20-10(8-22-11)13(14,15)16/h8-9H,4-7H2,1-3H3,(H2,17,18,19). The molecule has 22 heavy (non-hydrogen) atoms. The molecule has 0 aliphatic heterocycles. The second-order valence-corrected chi connectivity index (χ2v) is 5.89. The summed E-state index contributed by atoms with van der Waals surface area (Å²) in [4.78, 5) is 7.53. The summed E-state index contributed by atoms with van der Waals surface area (Å²) in [6, 6.07) is 0. The molecule has 0 bridgehead atoms. The van der Waals surface area contributed by atoms with Crippen LogP contribution in [0.4, 0.5) is 13.2 Å². The highest BCUT2D eigenvalue weighted by Gasteiger charge is 2.33. The lowest BCUT2D eigenvalue weighted by molar-refractivity contribution is -0.140. The van der Waals surface area contributed by atoms with Crippen molar-refractivity contribution >= 4 is 17.3 Å². The molecule has 126 valence electrons. The molecular weight excluding hydrogens is 317 g/mol. The number of halogens is 3. The number of nitrogens with one attached hydrogen (secondary N) is 2. The molecular formula is C13H21F3N4OS. The van der Waals surface area contributed by atoms with Gasteiger partial charge in [-0.05, 0) is 5.92 Å². The highest BCUT2D eigenvalue weighted by atomic mass is 32.1. The van der Waals surface area contributed by atoms with Crippen LogP contribution in [0.25, 0.3) is 0 Å². The second kappa shape index (κ2) is 8.94. The van der Waals surface area contributed by atoms with Crippen molar-refractivity contribution in [2.45, 2.75) is 26.6 Å². The van der Waals surface area contributed by atoms with E-state index in [1.54, 1.807) is 7.05 Å². The van der Waals surface area contributed by atoms with Crippen molar-refractivity contribution in [3.8, 4) is 0 Å². The SMILES string of the molecule is CN=C(NCCOCC(C)C)NCc1nc(C(F)(F)F)cs1. The van der Waals surface area contributed by atoms with Crippen LogP contribution in [0.3, 0.4) is 0 Å². The summed E-state index contributed by atoms with van der Waals surface area (Å²) < 4.78 is 42.7. The second-order valence-electron chi connectivity index (χ2n) is 4.95. The minimum Gasteiger partial charge on any atom is -0.379 e. The minimum atomic E-state index is -4.40. The number of rotatable bonds is 7. The summed E-state index contributed by atoms with van der Waals surface area (Å²) in [6.07, 6.45) is -4.40. The Morgan fingerprint density at radius 1 is 1.41 bits per heavy atom. The molecule has 1 aromatic rings. The lowest BCUT2D eigenvalue weighted by Crippen LogP contribution is -2.38. The van der Waals surface area contributed by atoms with Crippen LogP contribution in [0.15, 0.2) is 10.4 Å². The molecule has 1 aromatic heterocycles. The third kappa shape index (κ3) is 7.08. The van der Waals surface area contributed by atoms with Crippen LogP contribution in [0, 0.1) is 5.92 Å². The van der Waals surface area contributed by atoms with Gasteiger partial charge in [0.25, 0.3) is 0 Å². The predicted octanol–water partition coefficient (Wildman–Crippen LogP) is 2.50. The van der Waals surface area contributed by atoms with Crippen LogP contribution in [0.5, 0.6) is 0 Å². The zero-order valence-electron chi connectivity index (χ0n) is 12.8. The average Bonchev–Trinajstić information content (AvgIpc) is 2.90. The molecule has 2 N–H and O–H groups in total. The van der Waals surface area contributed by atoms with Gasteiger partial charge in [-0.15, -0.1) is 11.3 Å². The van der Waals surface area contributed by atoms with Gasteiger partial charge in [0.05, 0.1) is 13.2 Å². The fourth-order valence-electron chi connectivity index (χ4n) is 1.46. The number of aromatic nitrogens is 1. The minimum absolute atomic E-state index is 0.188. The first-order chi connectivity index (χ1) is 10.3. The Balaban J connectivity index is 2.31. The number of guanidine groups is 1. The van der Waals surface area contributed by atoms with Gasteiger partial charge in [-0.2, -0.15) is 13.2 Å². The molecule has 0 aliphatic rings. The fourth-order valence-corrected chi connectivity index (χ4v) is 2.20. The predicted molar refractivity (Wildman–Crippen MR) is 81.0 cm³/mol. The lowest BCUT2D eigenvalue weighted by atomic mass is 10.2. The van der Waals surface area contributed by atoms with Crippen molar-refractivity contribution in [2.24, 2.45) is 10.9 Å². The maximum Gasteiger partial charge on any atom is 0.434 e. The first kappa shape index (κ1) is 18.7. The number of hydrogen-bond donors (Lipinski definition) is 2. The largest absolute Gasteiger partial charge is 0.434 e. The van der Waals surface area contributed by atoms with E-state index in [0.29, 0.717) is 36.6 Å². The van der Waals surface area contributed by atoms with Gasteiger partial charge in [-0.3, -0.25) is 4.99 Å². The van der Waals surface area contributed by atoms with E-state index < -0.39 is 11.9 Å². The van der Waals surface area contributed by atoms with Crippen molar-refractivity contribution in [2.75, 3.05) is 26.8 Å². The van der Waals surface area contributed by atoms with Crippen LogP contribution in [-0.2, 0) is 17.5 Å². The van der Waals surface area contributed by atoms with Crippen LogP contribution >= 0.6 is 11.3 Å². The van der Waals surface area contributed by atoms with E-state index in [1.165, 1.54) is 0 Å². The number of nitrogens with zero attached hydrogens (tertiary/aromatic N) is 2. The molecule has 5 nitrogen and oxygen atoms in total. The zero-order valence-corrected chi connectivity index (χ0v) is 13.6. The van der Waals surface area contributed by atoms with Gasteiger partial charge < -0.3 is 15.4 Å². The molecule has 0 atom stereocenters. The summed E-state index contributed by atoms with van der Waals surface area (Å²) in [5, 5.41) is 7.29. The van der Waals surface area contributed by atoms with Gasteiger partial charge in [0.1, 0.15) is 5.01 Å². The summed E-state index contributed by atoms with van der Waals surface area (Å²) in [5.74, 6) is 0.974. The molecule has 0 aromatic carbocycles. The number of ether oxygens (including phenoxy) is 1. The molecule has 0 aliphatic carbocycles. The lowest BCUT2D eigenvalue weighted by Gasteiger charge is -2.11. The number of aliphatic imine (C=N–C) groups is 1. The maximum absolute atomic E-state index is 12.4. The molecule has 0 saturated carbocycles. The van der Waals surface area contributed by atoms with E-state index >= 15 is 0 Å². The van der Waals surface area contributed by atoms with Gasteiger partial charge in [0, 0.05) is 25.6 Å². The van der Waals surface area contributed by atoms with E-state index in [0.717, 1.165) is 16.7 Å². The third-order valence-corrected chi connectivity index (χ3v) is 3.31. The topological polar surface area (TPSA) is 58.5 Å². The molecule has 0 unspecified atom stereocenters. The smallest absolute Gasteiger partial charge is 0.379 e. The zero-order chi connectivity index (χ0) is 16.6. The normalized spacial score (nSPS) is 12.8. The Kier molecular flexibility index (Phi) is 7.60. The van der Waals surface area contributed by atoms with Gasteiger partial charge in [0.15, 0.2) is 11.7 Å². The monoisotopic (exact) mass is 338 g/mol. The van der Waals surface area contributed by atoms with Crippen molar-refractivity contribution in [1.29, 1.82) is 0 Å². The Labute approximate surface area is 132 Å².